The van der Waals surface area contributed by atoms with Crippen LogP contribution in [0.4, 0.5) is 0 Å². The molecule has 2 rings (SSSR count). The molecule has 3 heteroatoms. The third kappa shape index (κ3) is 3.01. The van der Waals surface area contributed by atoms with Gasteiger partial charge in [-0.05, 0) is 24.5 Å². The highest BCUT2D eigenvalue weighted by Gasteiger charge is 2.21. The van der Waals surface area contributed by atoms with Gasteiger partial charge in [0.05, 0.1) is 6.10 Å². The SMILES string of the molecule is OC1CCCCC1NCc1cccnc1. The van der Waals surface area contributed by atoms with E-state index in [1.807, 2.05) is 12.3 Å². The van der Waals surface area contributed by atoms with Gasteiger partial charge in [-0.2, -0.15) is 0 Å². The van der Waals surface area contributed by atoms with Crippen LogP contribution in [0, 0.1) is 0 Å². The first-order chi connectivity index (χ1) is 7.36. The van der Waals surface area contributed by atoms with Crippen molar-refractivity contribution in [2.75, 3.05) is 0 Å². The van der Waals surface area contributed by atoms with E-state index in [-0.39, 0.29) is 12.1 Å². The summed E-state index contributed by atoms with van der Waals surface area (Å²) in [6.07, 6.45) is 7.87. The van der Waals surface area contributed by atoms with E-state index in [0.717, 1.165) is 25.8 Å². The molecule has 1 aliphatic rings. The van der Waals surface area contributed by atoms with E-state index in [1.165, 1.54) is 12.0 Å². The Bertz CT molecular complexity index is 289. The van der Waals surface area contributed by atoms with Gasteiger partial charge in [-0.25, -0.2) is 0 Å². The molecule has 0 spiro atoms. The Morgan fingerprint density at radius 3 is 3.00 bits per heavy atom. The Balaban J connectivity index is 1.82. The second-order valence-corrected chi connectivity index (χ2v) is 4.20. The number of aliphatic hydroxyl groups excluding tert-OH is 1. The van der Waals surface area contributed by atoms with Gasteiger partial charge >= 0.3 is 0 Å². The van der Waals surface area contributed by atoms with Crippen molar-refractivity contribution >= 4 is 0 Å². The Kier molecular flexibility index (Phi) is 3.69. The number of nitrogens with one attached hydrogen (secondary N) is 1. The first-order valence-corrected chi connectivity index (χ1v) is 5.66. The van der Waals surface area contributed by atoms with Gasteiger partial charge in [0.1, 0.15) is 0 Å². The highest BCUT2D eigenvalue weighted by molar-refractivity contribution is 5.08. The van der Waals surface area contributed by atoms with Crippen LogP contribution in [0.1, 0.15) is 31.2 Å². The predicted octanol–water partition coefficient (Wildman–Crippen LogP) is 1.47. The molecule has 82 valence electrons. The molecule has 0 bridgehead atoms. The monoisotopic (exact) mass is 206 g/mol. The largest absolute Gasteiger partial charge is 0.392 e. The summed E-state index contributed by atoms with van der Waals surface area (Å²) in [6.45, 7) is 0.801. The van der Waals surface area contributed by atoms with Crippen molar-refractivity contribution < 1.29 is 5.11 Å². The zero-order chi connectivity index (χ0) is 10.5. The van der Waals surface area contributed by atoms with E-state index >= 15 is 0 Å². The normalized spacial score (nSPS) is 26.5. The molecular weight excluding hydrogens is 188 g/mol. The third-order valence-corrected chi connectivity index (χ3v) is 3.02. The number of nitrogens with zero attached hydrogens (tertiary/aromatic N) is 1. The van der Waals surface area contributed by atoms with E-state index < -0.39 is 0 Å². The predicted molar refractivity (Wildman–Crippen MR) is 59.3 cm³/mol. The number of aliphatic hydroxyl groups is 1. The van der Waals surface area contributed by atoms with Crippen molar-refractivity contribution in [2.24, 2.45) is 0 Å². The average Bonchev–Trinajstić information content (AvgIpc) is 2.29. The molecule has 0 aromatic carbocycles. The topological polar surface area (TPSA) is 45.1 Å². The van der Waals surface area contributed by atoms with Crippen molar-refractivity contribution in [1.82, 2.24) is 10.3 Å². The summed E-state index contributed by atoms with van der Waals surface area (Å²) >= 11 is 0. The lowest BCUT2D eigenvalue weighted by Crippen LogP contribution is -2.41. The van der Waals surface area contributed by atoms with Crippen LogP contribution in [-0.2, 0) is 6.54 Å². The fourth-order valence-corrected chi connectivity index (χ4v) is 2.10. The minimum Gasteiger partial charge on any atom is -0.392 e. The van der Waals surface area contributed by atoms with Gasteiger partial charge in [0.15, 0.2) is 0 Å². The smallest absolute Gasteiger partial charge is 0.0693 e. The maximum atomic E-state index is 9.77. The molecule has 2 unspecified atom stereocenters. The van der Waals surface area contributed by atoms with Gasteiger partial charge in [0.2, 0.25) is 0 Å². The molecule has 1 aromatic rings. The summed E-state index contributed by atoms with van der Waals surface area (Å²) in [5.74, 6) is 0. The average molecular weight is 206 g/mol. The summed E-state index contributed by atoms with van der Waals surface area (Å²) in [5, 5.41) is 13.2. The van der Waals surface area contributed by atoms with Crippen LogP contribution in [0.3, 0.4) is 0 Å². The highest BCUT2D eigenvalue weighted by Crippen LogP contribution is 2.18. The van der Waals surface area contributed by atoms with Gasteiger partial charge in [-0.3, -0.25) is 4.98 Å². The molecule has 0 saturated heterocycles. The van der Waals surface area contributed by atoms with Crippen molar-refractivity contribution in [1.29, 1.82) is 0 Å². The molecule has 1 heterocycles. The first-order valence-electron chi connectivity index (χ1n) is 5.66. The minimum atomic E-state index is -0.171. The molecule has 0 amide bonds. The molecule has 1 aliphatic carbocycles. The fourth-order valence-electron chi connectivity index (χ4n) is 2.10. The van der Waals surface area contributed by atoms with E-state index in [4.69, 9.17) is 0 Å². The first kappa shape index (κ1) is 10.6. The number of aromatic nitrogens is 1. The van der Waals surface area contributed by atoms with Gasteiger partial charge in [0.25, 0.3) is 0 Å². The van der Waals surface area contributed by atoms with E-state index in [2.05, 4.69) is 16.4 Å². The molecule has 2 atom stereocenters. The lowest BCUT2D eigenvalue weighted by molar-refractivity contribution is 0.0902. The third-order valence-electron chi connectivity index (χ3n) is 3.02. The Morgan fingerprint density at radius 1 is 1.40 bits per heavy atom. The van der Waals surface area contributed by atoms with Crippen molar-refractivity contribution in [3.8, 4) is 0 Å². The standard InChI is InChI=1S/C12H18N2O/c15-12-6-2-1-5-11(12)14-9-10-4-3-7-13-8-10/h3-4,7-8,11-12,14-15H,1-2,5-6,9H2. The molecule has 15 heavy (non-hydrogen) atoms. The van der Waals surface area contributed by atoms with Gasteiger partial charge in [0, 0.05) is 25.0 Å². The number of pyridine rings is 1. The van der Waals surface area contributed by atoms with Crippen LogP contribution in [0.25, 0.3) is 0 Å². The molecule has 0 aliphatic heterocycles. The Morgan fingerprint density at radius 2 is 2.27 bits per heavy atom. The number of hydrogen-bond donors (Lipinski definition) is 2. The van der Waals surface area contributed by atoms with Crippen molar-refractivity contribution in [3.63, 3.8) is 0 Å². The van der Waals surface area contributed by atoms with E-state index in [9.17, 15) is 5.11 Å². The maximum Gasteiger partial charge on any atom is 0.0693 e. The summed E-state index contributed by atoms with van der Waals surface area (Å²) < 4.78 is 0. The molecule has 2 N–H and O–H groups in total. The second kappa shape index (κ2) is 5.24. The molecule has 3 nitrogen and oxygen atoms in total. The number of rotatable bonds is 3. The fraction of sp³-hybridized carbons (Fsp3) is 0.583. The lowest BCUT2D eigenvalue weighted by Gasteiger charge is -2.28. The van der Waals surface area contributed by atoms with Crippen LogP contribution in [-0.4, -0.2) is 22.2 Å². The van der Waals surface area contributed by atoms with Crippen molar-refractivity contribution in [3.05, 3.63) is 30.1 Å². The molecular formula is C12H18N2O. The Labute approximate surface area is 90.5 Å². The van der Waals surface area contributed by atoms with Gasteiger partial charge < -0.3 is 10.4 Å². The number of hydrogen-bond acceptors (Lipinski definition) is 3. The molecule has 1 fully saturated rings. The zero-order valence-corrected chi connectivity index (χ0v) is 8.89. The van der Waals surface area contributed by atoms with Crippen LogP contribution < -0.4 is 5.32 Å². The summed E-state index contributed by atoms with van der Waals surface area (Å²) in [7, 11) is 0. The van der Waals surface area contributed by atoms with E-state index in [0.29, 0.717) is 0 Å². The Hall–Kier alpha value is -0.930. The highest BCUT2D eigenvalue weighted by atomic mass is 16.3. The second-order valence-electron chi connectivity index (χ2n) is 4.20. The van der Waals surface area contributed by atoms with Crippen LogP contribution >= 0.6 is 0 Å². The summed E-state index contributed by atoms with van der Waals surface area (Å²) in [4.78, 5) is 4.06. The maximum absolute atomic E-state index is 9.77. The van der Waals surface area contributed by atoms with Crippen LogP contribution in [0.2, 0.25) is 0 Å². The minimum absolute atomic E-state index is 0.171. The van der Waals surface area contributed by atoms with Crippen molar-refractivity contribution in [2.45, 2.75) is 44.4 Å². The van der Waals surface area contributed by atoms with Gasteiger partial charge in [-0.15, -0.1) is 0 Å². The van der Waals surface area contributed by atoms with Crippen LogP contribution in [0.15, 0.2) is 24.5 Å². The molecule has 1 aromatic heterocycles. The lowest BCUT2D eigenvalue weighted by atomic mass is 9.92. The van der Waals surface area contributed by atoms with Crippen LogP contribution in [0.5, 0.6) is 0 Å². The zero-order valence-electron chi connectivity index (χ0n) is 8.89. The molecule has 1 saturated carbocycles. The summed E-state index contributed by atoms with van der Waals surface area (Å²) in [5.41, 5.74) is 1.18. The van der Waals surface area contributed by atoms with Gasteiger partial charge in [-0.1, -0.05) is 18.9 Å². The quantitative estimate of drug-likeness (QED) is 0.787. The summed E-state index contributed by atoms with van der Waals surface area (Å²) in [6, 6.07) is 4.25. The molecule has 0 radical (unpaired) electrons. The van der Waals surface area contributed by atoms with E-state index in [1.54, 1.807) is 6.20 Å².